The summed E-state index contributed by atoms with van der Waals surface area (Å²) in [6, 6.07) is 0. The van der Waals surface area contributed by atoms with E-state index in [1.165, 1.54) is 0 Å². The highest BCUT2D eigenvalue weighted by Crippen LogP contribution is 2.34. The molecular weight excluding hydrogens is 252 g/mol. The van der Waals surface area contributed by atoms with Crippen LogP contribution in [0.1, 0.15) is 46.0 Å². The lowest BCUT2D eigenvalue weighted by Crippen LogP contribution is -2.45. The van der Waals surface area contributed by atoms with E-state index in [-0.39, 0.29) is 12.1 Å². The summed E-state index contributed by atoms with van der Waals surface area (Å²) in [6.45, 7) is 5.43. The summed E-state index contributed by atoms with van der Waals surface area (Å²) in [7, 11) is 0. The average Bonchev–Trinajstić information content (AvgIpc) is 2.48. The standard InChI is InChI=1S/C15H26N4O/c1-3-8-17-13-9-16-10-14(18-13)19-15(11-20)6-4-12(2)5-7-15/h9-10,12,20H,3-8,11H2,1-2H3,(H2,17,18,19). The van der Waals surface area contributed by atoms with Gasteiger partial charge < -0.3 is 15.7 Å². The average molecular weight is 278 g/mol. The predicted octanol–water partition coefficient (Wildman–Crippen LogP) is 2.65. The molecular formula is C15H26N4O. The third-order valence-corrected chi connectivity index (χ3v) is 4.12. The van der Waals surface area contributed by atoms with Crippen LogP contribution < -0.4 is 10.6 Å². The summed E-state index contributed by atoms with van der Waals surface area (Å²) in [4.78, 5) is 8.73. The van der Waals surface area contributed by atoms with E-state index in [1.54, 1.807) is 12.4 Å². The number of nitrogens with one attached hydrogen (secondary N) is 2. The summed E-state index contributed by atoms with van der Waals surface area (Å²) in [5.41, 5.74) is -0.232. The third-order valence-electron chi connectivity index (χ3n) is 4.12. The summed E-state index contributed by atoms with van der Waals surface area (Å²) >= 11 is 0. The van der Waals surface area contributed by atoms with E-state index in [1.807, 2.05) is 0 Å². The van der Waals surface area contributed by atoms with E-state index < -0.39 is 0 Å². The van der Waals surface area contributed by atoms with E-state index in [9.17, 15) is 5.11 Å². The lowest BCUT2D eigenvalue weighted by atomic mass is 9.77. The van der Waals surface area contributed by atoms with Gasteiger partial charge in [0.1, 0.15) is 11.6 Å². The van der Waals surface area contributed by atoms with Crippen LogP contribution in [0.25, 0.3) is 0 Å². The van der Waals surface area contributed by atoms with Crippen molar-refractivity contribution < 1.29 is 5.11 Å². The molecule has 1 aromatic rings. The predicted molar refractivity (Wildman–Crippen MR) is 81.9 cm³/mol. The van der Waals surface area contributed by atoms with Crippen LogP contribution in [0, 0.1) is 5.92 Å². The normalized spacial score (nSPS) is 26.2. The molecule has 0 aromatic carbocycles. The fourth-order valence-electron chi connectivity index (χ4n) is 2.67. The molecule has 0 spiro atoms. The first-order valence-corrected chi connectivity index (χ1v) is 7.62. The molecule has 3 N–H and O–H groups in total. The zero-order chi connectivity index (χ0) is 14.4. The van der Waals surface area contributed by atoms with Crippen molar-refractivity contribution in [1.82, 2.24) is 9.97 Å². The van der Waals surface area contributed by atoms with Gasteiger partial charge in [-0.1, -0.05) is 13.8 Å². The lowest BCUT2D eigenvalue weighted by molar-refractivity contribution is 0.155. The molecule has 0 unspecified atom stereocenters. The molecule has 1 aliphatic rings. The Morgan fingerprint density at radius 1 is 1.30 bits per heavy atom. The van der Waals surface area contributed by atoms with E-state index in [0.29, 0.717) is 0 Å². The number of aliphatic hydroxyl groups is 1. The highest BCUT2D eigenvalue weighted by atomic mass is 16.3. The van der Waals surface area contributed by atoms with Gasteiger partial charge in [0.05, 0.1) is 24.5 Å². The van der Waals surface area contributed by atoms with Gasteiger partial charge in [0.2, 0.25) is 0 Å². The first-order valence-electron chi connectivity index (χ1n) is 7.62. The molecule has 1 aromatic heterocycles. The van der Waals surface area contributed by atoms with Gasteiger partial charge in [-0.3, -0.25) is 4.98 Å². The summed E-state index contributed by atoms with van der Waals surface area (Å²) in [5.74, 6) is 2.28. The molecule has 0 amide bonds. The number of rotatable bonds is 6. The van der Waals surface area contributed by atoms with E-state index >= 15 is 0 Å². The van der Waals surface area contributed by atoms with Crippen LogP contribution in [-0.4, -0.2) is 33.8 Å². The van der Waals surface area contributed by atoms with Gasteiger partial charge in [-0.2, -0.15) is 0 Å². The Kier molecular flexibility index (Phi) is 5.17. The topological polar surface area (TPSA) is 70.1 Å². The van der Waals surface area contributed by atoms with Gasteiger partial charge in [-0.15, -0.1) is 0 Å². The Morgan fingerprint density at radius 2 is 2.00 bits per heavy atom. The second-order valence-corrected chi connectivity index (χ2v) is 5.96. The highest BCUT2D eigenvalue weighted by molar-refractivity contribution is 5.43. The van der Waals surface area contributed by atoms with Gasteiger partial charge in [-0.25, -0.2) is 4.98 Å². The van der Waals surface area contributed by atoms with Crippen LogP contribution in [0.15, 0.2) is 12.4 Å². The molecule has 0 saturated heterocycles. The smallest absolute Gasteiger partial charge is 0.147 e. The van der Waals surface area contributed by atoms with Gasteiger partial charge in [0.15, 0.2) is 0 Å². The minimum atomic E-state index is -0.232. The molecule has 0 atom stereocenters. The maximum absolute atomic E-state index is 9.77. The van der Waals surface area contributed by atoms with Gasteiger partial charge in [0.25, 0.3) is 0 Å². The number of hydrogen-bond donors (Lipinski definition) is 3. The molecule has 5 nitrogen and oxygen atoms in total. The van der Waals surface area contributed by atoms with Crippen molar-refractivity contribution in [2.75, 3.05) is 23.8 Å². The van der Waals surface area contributed by atoms with Gasteiger partial charge in [0, 0.05) is 6.54 Å². The molecule has 20 heavy (non-hydrogen) atoms. The molecule has 2 rings (SSSR count). The van der Waals surface area contributed by atoms with Crippen LogP contribution in [-0.2, 0) is 0 Å². The van der Waals surface area contributed by atoms with Crippen molar-refractivity contribution in [2.24, 2.45) is 5.92 Å². The molecule has 1 saturated carbocycles. The van der Waals surface area contributed by atoms with Crippen molar-refractivity contribution in [3.05, 3.63) is 12.4 Å². The minimum absolute atomic E-state index is 0.147. The van der Waals surface area contributed by atoms with Crippen LogP contribution in [0.5, 0.6) is 0 Å². The Hall–Kier alpha value is -1.36. The number of anilines is 2. The molecule has 1 aliphatic carbocycles. The summed E-state index contributed by atoms with van der Waals surface area (Å²) < 4.78 is 0. The number of hydrogen-bond acceptors (Lipinski definition) is 5. The van der Waals surface area contributed by atoms with Crippen LogP contribution in [0.3, 0.4) is 0 Å². The zero-order valence-electron chi connectivity index (χ0n) is 12.5. The van der Waals surface area contributed by atoms with E-state index in [0.717, 1.165) is 56.2 Å². The Morgan fingerprint density at radius 3 is 2.65 bits per heavy atom. The maximum Gasteiger partial charge on any atom is 0.147 e. The van der Waals surface area contributed by atoms with Crippen LogP contribution in [0.2, 0.25) is 0 Å². The minimum Gasteiger partial charge on any atom is -0.394 e. The van der Waals surface area contributed by atoms with Crippen molar-refractivity contribution in [2.45, 2.75) is 51.5 Å². The van der Waals surface area contributed by atoms with Gasteiger partial charge in [-0.05, 0) is 38.0 Å². The third kappa shape index (κ3) is 3.82. The largest absolute Gasteiger partial charge is 0.394 e. The van der Waals surface area contributed by atoms with E-state index in [4.69, 9.17) is 0 Å². The van der Waals surface area contributed by atoms with E-state index in [2.05, 4.69) is 34.4 Å². The van der Waals surface area contributed by atoms with Crippen molar-refractivity contribution in [1.29, 1.82) is 0 Å². The molecule has 112 valence electrons. The monoisotopic (exact) mass is 278 g/mol. The molecule has 1 heterocycles. The number of aliphatic hydroxyl groups excluding tert-OH is 1. The summed E-state index contributed by atoms with van der Waals surface area (Å²) in [5, 5.41) is 16.4. The second kappa shape index (κ2) is 6.88. The lowest BCUT2D eigenvalue weighted by Gasteiger charge is -2.39. The Bertz CT molecular complexity index is 416. The molecule has 0 aliphatic heterocycles. The Labute approximate surface area is 121 Å². The van der Waals surface area contributed by atoms with Crippen molar-refractivity contribution in [3.63, 3.8) is 0 Å². The summed E-state index contributed by atoms with van der Waals surface area (Å²) in [6.07, 6.45) is 8.78. The first kappa shape index (κ1) is 15.0. The fraction of sp³-hybridized carbons (Fsp3) is 0.733. The number of aromatic nitrogens is 2. The van der Waals surface area contributed by atoms with Crippen molar-refractivity contribution >= 4 is 11.6 Å². The molecule has 0 bridgehead atoms. The SMILES string of the molecule is CCCNc1cncc(NC2(CO)CCC(C)CC2)n1. The second-order valence-electron chi connectivity index (χ2n) is 5.96. The Balaban J connectivity index is 2.03. The van der Waals surface area contributed by atoms with Crippen molar-refractivity contribution in [3.8, 4) is 0 Å². The van der Waals surface area contributed by atoms with Gasteiger partial charge >= 0.3 is 0 Å². The highest BCUT2D eigenvalue weighted by Gasteiger charge is 2.33. The maximum atomic E-state index is 9.77. The number of nitrogens with zero attached hydrogens (tertiary/aromatic N) is 2. The van der Waals surface area contributed by atoms with Crippen LogP contribution in [0.4, 0.5) is 11.6 Å². The molecule has 5 heteroatoms. The molecule has 1 fully saturated rings. The fourth-order valence-corrected chi connectivity index (χ4v) is 2.67. The first-order chi connectivity index (χ1) is 9.67. The van der Waals surface area contributed by atoms with Crippen LogP contribution >= 0.6 is 0 Å². The zero-order valence-corrected chi connectivity index (χ0v) is 12.5. The molecule has 0 radical (unpaired) electrons. The quantitative estimate of drug-likeness (QED) is 0.746.